The highest BCUT2D eigenvalue weighted by atomic mass is 16.5. The van der Waals surface area contributed by atoms with Gasteiger partial charge >= 0.3 is 5.69 Å². The zero-order valence-electron chi connectivity index (χ0n) is 31.3. The van der Waals surface area contributed by atoms with Crippen LogP contribution >= 0.6 is 0 Å². The molecule has 14 nitrogen and oxygen atoms in total. The summed E-state index contributed by atoms with van der Waals surface area (Å²) < 4.78 is 15.0. The van der Waals surface area contributed by atoms with Crippen LogP contribution in [0, 0.1) is 11.8 Å². The van der Waals surface area contributed by atoms with E-state index >= 15 is 0 Å². The maximum Gasteiger partial charge on any atom is 0.328 e. The van der Waals surface area contributed by atoms with Gasteiger partial charge in [-0.15, -0.1) is 0 Å². The summed E-state index contributed by atoms with van der Waals surface area (Å²) in [5.41, 5.74) is 6.92. The Morgan fingerprint density at radius 1 is 0.946 bits per heavy atom. The Morgan fingerprint density at radius 3 is 2.48 bits per heavy atom. The third kappa shape index (κ3) is 6.93. The minimum absolute atomic E-state index is 0.0574. The molecule has 284 valence electrons. The predicted molar refractivity (Wildman–Crippen MR) is 209 cm³/mol. The quantitative estimate of drug-likeness (QED) is 0.163. The Hall–Kier alpha value is -6.59. The lowest BCUT2D eigenvalue weighted by atomic mass is 9.88. The van der Waals surface area contributed by atoms with Crippen molar-refractivity contribution >= 4 is 51.1 Å². The molecule has 0 spiro atoms. The van der Waals surface area contributed by atoms with Crippen molar-refractivity contribution in [1.29, 1.82) is 0 Å². The van der Waals surface area contributed by atoms with Crippen LogP contribution in [0.5, 0.6) is 0 Å². The van der Waals surface area contributed by atoms with Gasteiger partial charge in [-0.25, -0.2) is 14.8 Å². The van der Waals surface area contributed by atoms with Crippen molar-refractivity contribution in [2.75, 3.05) is 31.2 Å². The number of carbonyl (C=O) groups is 3. The van der Waals surface area contributed by atoms with E-state index < -0.39 is 11.8 Å². The number of piperidine rings is 1. The maximum absolute atomic E-state index is 13.0. The van der Waals surface area contributed by atoms with E-state index in [2.05, 4.69) is 61.4 Å². The lowest BCUT2D eigenvalue weighted by molar-refractivity contribution is -0.134. The zero-order chi connectivity index (χ0) is 38.9. The van der Waals surface area contributed by atoms with Gasteiger partial charge in [-0.2, -0.15) is 0 Å². The first-order valence-corrected chi connectivity index (χ1v) is 18.7. The maximum atomic E-state index is 13.0. The molecular weight excluding hydrogens is 713 g/mol. The fraction of sp³-hybridized carbons (Fsp3) is 0.310. The summed E-state index contributed by atoms with van der Waals surface area (Å²) in [6.45, 7) is 4.17. The van der Waals surface area contributed by atoms with Crippen molar-refractivity contribution in [2.45, 2.75) is 44.4 Å². The van der Waals surface area contributed by atoms with Crippen LogP contribution in [0.25, 0.3) is 33.4 Å². The van der Waals surface area contributed by atoms with E-state index in [0.717, 1.165) is 51.8 Å². The molecular formula is C42H40N8O6. The van der Waals surface area contributed by atoms with Crippen LogP contribution in [0.4, 0.5) is 11.4 Å². The normalized spacial score (nSPS) is 16.1. The Bertz CT molecular complexity index is 2610. The summed E-state index contributed by atoms with van der Waals surface area (Å²) in [7, 11) is 3.64. The van der Waals surface area contributed by atoms with Crippen molar-refractivity contribution in [2.24, 2.45) is 14.1 Å². The van der Waals surface area contributed by atoms with Crippen molar-refractivity contribution in [3.63, 3.8) is 0 Å². The first-order valence-electron chi connectivity index (χ1n) is 18.7. The number of anilines is 2. The largest absolute Gasteiger partial charge is 0.448 e. The van der Waals surface area contributed by atoms with Crippen molar-refractivity contribution in [3.05, 3.63) is 100 Å². The average molecular weight is 753 g/mol. The van der Waals surface area contributed by atoms with Gasteiger partial charge < -0.3 is 19.4 Å². The molecule has 6 heterocycles. The van der Waals surface area contributed by atoms with Crippen molar-refractivity contribution in [1.82, 2.24) is 34.7 Å². The highest BCUT2D eigenvalue weighted by molar-refractivity contribution is 6.03. The van der Waals surface area contributed by atoms with Gasteiger partial charge in [0.1, 0.15) is 11.3 Å². The number of amides is 3. The summed E-state index contributed by atoms with van der Waals surface area (Å²) in [5, 5.41) is 5.93. The molecule has 0 bridgehead atoms. The van der Waals surface area contributed by atoms with Crippen LogP contribution < -0.4 is 21.2 Å². The molecule has 14 heteroatoms. The van der Waals surface area contributed by atoms with Gasteiger partial charge in [-0.3, -0.25) is 33.8 Å². The van der Waals surface area contributed by atoms with E-state index in [-0.39, 0.29) is 42.1 Å². The van der Waals surface area contributed by atoms with Crippen molar-refractivity contribution in [3.8, 4) is 23.2 Å². The first-order chi connectivity index (χ1) is 27.2. The molecule has 2 N–H and O–H groups in total. The Balaban J connectivity index is 0.932. The number of imidazole rings is 1. The Labute approximate surface area is 321 Å². The van der Waals surface area contributed by atoms with Gasteiger partial charge in [0.05, 0.1) is 41.6 Å². The number of nitrogens with one attached hydrogen (secondary N) is 2. The molecule has 0 aliphatic carbocycles. The third-order valence-electron chi connectivity index (χ3n) is 10.6. The van der Waals surface area contributed by atoms with Crippen LogP contribution in [0.1, 0.15) is 71.8 Å². The molecule has 2 fully saturated rings. The number of ether oxygens (including phenoxy) is 1. The van der Waals surface area contributed by atoms with Crippen LogP contribution in [0.2, 0.25) is 0 Å². The first kappa shape index (κ1) is 36.4. The van der Waals surface area contributed by atoms with E-state index in [1.807, 2.05) is 19.2 Å². The van der Waals surface area contributed by atoms with E-state index in [4.69, 9.17) is 9.15 Å². The average Bonchev–Trinajstić information content (AvgIpc) is 3.74. The number of pyridine rings is 1. The van der Waals surface area contributed by atoms with Gasteiger partial charge in [0.25, 0.3) is 5.91 Å². The second-order valence-corrected chi connectivity index (χ2v) is 14.0. The van der Waals surface area contributed by atoms with E-state index in [9.17, 15) is 19.2 Å². The lowest BCUT2D eigenvalue weighted by Crippen LogP contribution is -2.39. The molecule has 2 saturated heterocycles. The number of carbonyl (C=O) groups excluding carboxylic acids is 3. The Morgan fingerprint density at radius 2 is 1.75 bits per heavy atom. The van der Waals surface area contributed by atoms with Crippen LogP contribution in [0.15, 0.2) is 76.3 Å². The smallest absolute Gasteiger partial charge is 0.328 e. The molecule has 2 aliphatic heterocycles. The minimum Gasteiger partial charge on any atom is -0.448 e. The van der Waals surface area contributed by atoms with Gasteiger partial charge in [0.2, 0.25) is 11.8 Å². The monoisotopic (exact) mass is 752 g/mol. The van der Waals surface area contributed by atoms with Crippen molar-refractivity contribution < 1.29 is 23.5 Å². The standard InChI is InChI=1S/C42H40N8O6/c1-4-50(27-19-32(25-14-17-55-18-15-25)38-35(20-27)48(2)42(54)49(38)3)28-23-45-39(46-24-28)26-10-12-34(44-22-26)41(53)43-16-6-7-29-21-33-30(8-5-9-36(33)56-29)31-11-13-37(51)47-40(31)52/h5,8-10,12,19-25,31H,4,11,13-18H2,1-3H3,(H,43,53)(H,47,51,52). The molecule has 4 aromatic heterocycles. The number of nitrogens with zero attached hydrogens (tertiary/aromatic N) is 6. The zero-order valence-corrected chi connectivity index (χ0v) is 31.3. The molecule has 6 aromatic rings. The summed E-state index contributed by atoms with van der Waals surface area (Å²) in [5.74, 6) is 5.57. The number of furan rings is 1. The van der Waals surface area contributed by atoms with Crippen LogP contribution in [-0.2, 0) is 28.4 Å². The number of rotatable bonds is 8. The topological polar surface area (TPSA) is 166 Å². The van der Waals surface area contributed by atoms with Gasteiger partial charge in [0, 0.05) is 69.2 Å². The second kappa shape index (κ2) is 15.3. The number of aryl methyl sites for hydroxylation is 2. The molecule has 2 aliphatic rings. The molecule has 0 saturated carbocycles. The predicted octanol–water partition coefficient (Wildman–Crippen LogP) is 4.83. The fourth-order valence-corrected chi connectivity index (χ4v) is 7.72. The number of fused-ring (bicyclic) bond motifs is 2. The summed E-state index contributed by atoms with van der Waals surface area (Å²) in [6, 6.07) is 14.8. The fourth-order valence-electron chi connectivity index (χ4n) is 7.72. The third-order valence-corrected chi connectivity index (χ3v) is 10.6. The van der Waals surface area contributed by atoms with E-state index in [1.165, 1.54) is 0 Å². The van der Waals surface area contributed by atoms with Crippen LogP contribution in [0.3, 0.4) is 0 Å². The summed E-state index contributed by atoms with van der Waals surface area (Å²) >= 11 is 0. The highest BCUT2D eigenvalue weighted by Crippen LogP contribution is 2.37. The lowest BCUT2D eigenvalue weighted by Gasteiger charge is -2.27. The molecule has 0 radical (unpaired) electrons. The Kier molecular flexibility index (Phi) is 9.92. The van der Waals surface area contributed by atoms with E-state index in [0.29, 0.717) is 48.9 Å². The number of aromatic nitrogens is 5. The SMILES string of the molecule is CCN(c1cnc(-c2ccc(C(=O)NCC#Cc3cc4c(C5CCC(=O)NC5=O)cccc4o3)nc2)nc1)c1cc(C2CCOCC2)c2c(c1)n(C)c(=O)n2C. The van der Waals surface area contributed by atoms with Crippen LogP contribution in [-0.4, -0.2) is 68.1 Å². The van der Waals surface area contributed by atoms with Gasteiger partial charge in [-0.05, 0) is 79.5 Å². The molecule has 8 rings (SSSR count). The van der Waals surface area contributed by atoms with E-state index in [1.54, 1.807) is 59.0 Å². The molecule has 1 unspecified atom stereocenters. The minimum atomic E-state index is -0.443. The molecule has 1 atom stereocenters. The van der Waals surface area contributed by atoms with Gasteiger partial charge in [0.15, 0.2) is 11.6 Å². The molecule has 56 heavy (non-hydrogen) atoms. The highest BCUT2D eigenvalue weighted by Gasteiger charge is 2.30. The van der Waals surface area contributed by atoms with Gasteiger partial charge in [-0.1, -0.05) is 18.1 Å². The number of hydrogen-bond acceptors (Lipinski definition) is 10. The second-order valence-electron chi connectivity index (χ2n) is 14.0. The summed E-state index contributed by atoms with van der Waals surface area (Å²) in [6.07, 6.45) is 7.61. The summed E-state index contributed by atoms with van der Waals surface area (Å²) in [4.78, 5) is 65.7. The number of hydrogen-bond donors (Lipinski definition) is 2. The number of imide groups is 1. The molecule has 3 amide bonds. The molecule has 2 aromatic carbocycles. The number of benzene rings is 2.